The molecule has 0 heterocycles. The Bertz CT molecular complexity index is 448. The molecule has 20 heavy (non-hydrogen) atoms. The van der Waals surface area contributed by atoms with Crippen LogP contribution in [0.5, 0.6) is 5.75 Å². The van der Waals surface area contributed by atoms with E-state index in [1.165, 1.54) is 0 Å². The van der Waals surface area contributed by atoms with Gasteiger partial charge in [0.15, 0.2) is 0 Å². The van der Waals surface area contributed by atoms with Crippen LogP contribution in [0, 0.1) is 0 Å². The van der Waals surface area contributed by atoms with Crippen molar-refractivity contribution in [1.82, 2.24) is 0 Å². The molecule has 0 radical (unpaired) electrons. The van der Waals surface area contributed by atoms with Gasteiger partial charge in [-0.2, -0.15) is 0 Å². The summed E-state index contributed by atoms with van der Waals surface area (Å²) in [6.07, 6.45) is 3.14. The second kappa shape index (κ2) is 9.31. The largest absolute Gasteiger partial charge is 0.494 e. The monoisotopic (exact) mass is 295 g/mol. The van der Waals surface area contributed by atoms with E-state index < -0.39 is 0 Å². The van der Waals surface area contributed by atoms with Gasteiger partial charge in [-0.15, -0.1) is 0 Å². The fraction of sp³-hybridized carbons (Fsp3) is 0.467. The van der Waals surface area contributed by atoms with Crippen LogP contribution in [-0.2, 0) is 9.53 Å². The highest BCUT2D eigenvalue weighted by Gasteiger charge is 2.02. The summed E-state index contributed by atoms with van der Waals surface area (Å²) in [6.45, 7) is 2.87. The summed E-state index contributed by atoms with van der Waals surface area (Å²) in [5.74, 6) is 0.637. The lowest BCUT2D eigenvalue weighted by atomic mass is 10.2. The Hall–Kier alpha value is -1.62. The van der Waals surface area contributed by atoms with E-state index >= 15 is 0 Å². The predicted octanol–water partition coefficient (Wildman–Crippen LogP) is 2.82. The minimum atomic E-state index is -0.127. The van der Waals surface area contributed by atoms with Crippen LogP contribution < -0.4 is 10.5 Å². The minimum Gasteiger partial charge on any atom is -0.494 e. The van der Waals surface area contributed by atoms with Crippen LogP contribution in [0.25, 0.3) is 0 Å². The smallest absolute Gasteiger partial charge is 0.305 e. The molecule has 1 rings (SSSR count). The second-order valence-corrected chi connectivity index (χ2v) is 4.80. The number of hydrogen-bond donors (Lipinski definition) is 1. The van der Waals surface area contributed by atoms with E-state index in [1.807, 2.05) is 31.2 Å². The first-order valence-corrected chi connectivity index (χ1v) is 7.22. The number of unbranched alkanes of at least 4 members (excludes halogenated alkanes) is 2. The summed E-state index contributed by atoms with van der Waals surface area (Å²) in [5, 5.41) is 0. The van der Waals surface area contributed by atoms with Gasteiger partial charge in [0.1, 0.15) is 10.7 Å². The van der Waals surface area contributed by atoms with Crippen LogP contribution in [0.15, 0.2) is 24.3 Å². The molecule has 0 aliphatic rings. The number of hydrogen-bond acceptors (Lipinski definition) is 4. The molecule has 2 N–H and O–H groups in total. The van der Waals surface area contributed by atoms with Crippen molar-refractivity contribution in [2.24, 2.45) is 5.73 Å². The van der Waals surface area contributed by atoms with Crippen molar-refractivity contribution in [3.63, 3.8) is 0 Å². The first kappa shape index (κ1) is 16.4. The molecule has 0 saturated carbocycles. The topological polar surface area (TPSA) is 61.5 Å². The Morgan fingerprint density at radius 1 is 1.30 bits per heavy atom. The molecule has 0 aromatic heterocycles. The van der Waals surface area contributed by atoms with Crippen LogP contribution in [-0.4, -0.2) is 24.2 Å². The van der Waals surface area contributed by atoms with Crippen LogP contribution in [0.4, 0.5) is 0 Å². The zero-order valence-electron chi connectivity index (χ0n) is 11.8. The number of nitrogens with two attached hydrogens (primary N) is 1. The van der Waals surface area contributed by atoms with Crippen molar-refractivity contribution < 1.29 is 14.3 Å². The molecule has 0 bridgehead atoms. The lowest BCUT2D eigenvalue weighted by Crippen LogP contribution is -2.09. The van der Waals surface area contributed by atoms with Gasteiger partial charge in [-0.3, -0.25) is 4.79 Å². The molecule has 0 unspecified atom stereocenters. The molecule has 0 fully saturated rings. The summed E-state index contributed by atoms with van der Waals surface area (Å²) in [5.41, 5.74) is 6.37. The highest BCUT2D eigenvalue weighted by atomic mass is 32.1. The lowest BCUT2D eigenvalue weighted by Gasteiger charge is -2.07. The van der Waals surface area contributed by atoms with Gasteiger partial charge in [0.2, 0.25) is 0 Å². The number of ether oxygens (including phenoxy) is 2. The quantitative estimate of drug-likeness (QED) is 0.431. The molecule has 110 valence electrons. The maximum Gasteiger partial charge on any atom is 0.305 e. The normalized spacial score (nSPS) is 10.1. The molecule has 0 amide bonds. The summed E-state index contributed by atoms with van der Waals surface area (Å²) >= 11 is 4.92. The van der Waals surface area contributed by atoms with Crippen molar-refractivity contribution in [1.29, 1.82) is 0 Å². The van der Waals surface area contributed by atoms with Gasteiger partial charge in [-0.05, 0) is 38.3 Å². The average Bonchev–Trinajstić information content (AvgIpc) is 2.43. The van der Waals surface area contributed by atoms with E-state index in [1.54, 1.807) is 0 Å². The fourth-order valence-electron chi connectivity index (χ4n) is 1.71. The number of benzene rings is 1. The lowest BCUT2D eigenvalue weighted by molar-refractivity contribution is -0.143. The van der Waals surface area contributed by atoms with Crippen molar-refractivity contribution in [3.8, 4) is 5.75 Å². The minimum absolute atomic E-state index is 0.127. The van der Waals surface area contributed by atoms with Gasteiger partial charge >= 0.3 is 5.97 Å². The van der Waals surface area contributed by atoms with Gasteiger partial charge in [0.25, 0.3) is 0 Å². The third kappa shape index (κ3) is 6.52. The van der Waals surface area contributed by atoms with Crippen LogP contribution in [0.3, 0.4) is 0 Å². The molecule has 0 aliphatic heterocycles. The Kier molecular flexibility index (Phi) is 7.65. The Morgan fingerprint density at radius 2 is 2.10 bits per heavy atom. The number of rotatable bonds is 9. The van der Waals surface area contributed by atoms with Crippen LogP contribution in [0.1, 0.15) is 38.2 Å². The van der Waals surface area contributed by atoms with Gasteiger partial charge in [-0.1, -0.05) is 24.4 Å². The number of carbonyl (C=O) groups excluding carboxylic acids is 1. The molecule has 1 aromatic rings. The summed E-state index contributed by atoms with van der Waals surface area (Å²) in [6, 6.07) is 7.43. The molecule has 0 aliphatic carbocycles. The second-order valence-electron chi connectivity index (χ2n) is 4.36. The van der Waals surface area contributed by atoms with Crippen LogP contribution >= 0.6 is 12.2 Å². The molecule has 4 nitrogen and oxygen atoms in total. The van der Waals surface area contributed by atoms with Gasteiger partial charge in [-0.25, -0.2) is 0 Å². The molecule has 5 heteroatoms. The first-order chi connectivity index (χ1) is 9.63. The number of esters is 1. The Labute approximate surface area is 125 Å². The van der Waals surface area contributed by atoms with E-state index in [2.05, 4.69) is 0 Å². The Morgan fingerprint density at radius 3 is 2.80 bits per heavy atom. The van der Waals surface area contributed by atoms with Crippen LogP contribution in [0.2, 0.25) is 0 Å². The van der Waals surface area contributed by atoms with Crippen molar-refractivity contribution in [2.45, 2.75) is 32.6 Å². The molecular weight excluding hydrogens is 274 g/mol. The van der Waals surface area contributed by atoms with Crippen molar-refractivity contribution >= 4 is 23.2 Å². The molecule has 0 atom stereocenters. The van der Waals surface area contributed by atoms with E-state index in [4.69, 9.17) is 27.4 Å². The van der Waals surface area contributed by atoms with E-state index in [0.29, 0.717) is 24.6 Å². The standard InChI is InChI=1S/C15H21NO3S/c1-2-18-14(17)9-4-3-5-10-19-13-8-6-7-12(11-13)15(16)20/h6-8,11H,2-5,9-10H2,1H3,(H2,16,20). The highest BCUT2D eigenvalue weighted by molar-refractivity contribution is 7.80. The van der Waals surface area contributed by atoms with Gasteiger partial charge in [0.05, 0.1) is 13.2 Å². The maximum absolute atomic E-state index is 11.1. The van der Waals surface area contributed by atoms with Gasteiger partial charge < -0.3 is 15.2 Å². The number of thiocarbonyl (C=S) groups is 1. The predicted molar refractivity (Wildman–Crippen MR) is 82.9 cm³/mol. The molecule has 1 aromatic carbocycles. The zero-order valence-corrected chi connectivity index (χ0v) is 12.6. The molecule has 0 saturated heterocycles. The molecule has 0 spiro atoms. The van der Waals surface area contributed by atoms with E-state index in [9.17, 15) is 4.79 Å². The number of carbonyl (C=O) groups is 1. The third-order valence-corrected chi connectivity index (χ3v) is 2.95. The summed E-state index contributed by atoms with van der Waals surface area (Å²) < 4.78 is 10.5. The zero-order chi connectivity index (χ0) is 14.8. The van der Waals surface area contributed by atoms with E-state index in [0.717, 1.165) is 30.6 Å². The summed E-state index contributed by atoms with van der Waals surface area (Å²) in [7, 11) is 0. The third-order valence-electron chi connectivity index (χ3n) is 2.72. The highest BCUT2D eigenvalue weighted by Crippen LogP contribution is 2.14. The summed E-state index contributed by atoms with van der Waals surface area (Å²) in [4.78, 5) is 11.5. The average molecular weight is 295 g/mol. The molecular formula is C15H21NO3S. The Balaban J connectivity index is 2.17. The maximum atomic E-state index is 11.1. The van der Waals surface area contributed by atoms with Crippen molar-refractivity contribution in [3.05, 3.63) is 29.8 Å². The fourth-order valence-corrected chi connectivity index (χ4v) is 1.84. The SMILES string of the molecule is CCOC(=O)CCCCCOc1cccc(C(N)=S)c1. The van der Waals surface area contributed by atoms with Gasteiger partial charge in [0, 0.05) is 12.0 Å². The first-order valence-electron chi connectivity index (χ1n) is 6.81. The van der Waals surface area contributed by atoms with E-state index in [-0.39, 0.29) is 5.97 Å². The van der Waals surface area contributed by atoms with Crippen molar-refractivity contribution in [2.75, 3.05) is 13.2 Å².